The van der Waals surface area contributed by atoms with E-state index in [0.717, 1.165) is 0 Å². The molecule has 134 valence electrons. The van der Waals surface area contributed by atoms with E-state index >= 15 is 0 Å². The summed E-state index contributed by atoms with van der Waals surface area (Å²) in [6.45, 7) is 5.23. The highest BCUT2D eigenvalue weighted by Gasteiger charge is 2.44. The summed E-state index contributed by atoms with van der Waals surface area (Å²) in [5, 5.41) is 11.8. The van der Waals surface area contributed by atoms with Crippen LogP contribution in [-0.4, -0.2) is 35.9 Å². The normalized spacial score (nSPS) is 23.3. The topological polar surface area (TPSA) is 94.1 Å². The second kappa shape index (κ2) is 7.66. The quantitative estimate of drug-likeness (QED) is 0.545. The van der Waals surface area contributed by atoms with Gasteiger partial charge in [0.2, 0.25) is 0 Å². The molecule has 24 heavy (non-hydrogen) atoms. The van der Waals surface area contributed by atoms with Gasteiger partial charge in [0.05, 0.1) is 6.61 Å². The van der Waals surface area contributed by atoms with Gasteiger partial charge in [-0.15, -0.1) is 0 Å². The minimum Gasteiger partial charge on any atom is -0.458 e. The van der Waals surface area contributed by atoms with Gasteiger partial charge in [0.25, 0.3) is 0 Å². The summed E-state index contributed by atoms with van der Waals surface area (Å²) in [4.78, 5) is 12.0. The second-order valence-electron chi connectivity index (χ2n) is 6.55. The standard InChI is InChI=1S/C16H24NO6P/c1-12(10-18)11-21-24(20,23-13-7-5-4-6-8-13)17-14-9-16(2,3)22-15(14)19/h4-8,12,14,18H,9-11H2,1-3H3,(H,17,20). The molecule has 3 atom stereocenters. The minimum atomic E-state index is -3.81. The lowest BCUT2D eigenvalue weighted by atomic mass is 10.0. The Bertz CT molecular complexity index is 606. The van der Waals surface area contributed by atoms with Gasteiger partial charge < -0.3 is 14.4 Å². The van der Waals surface area contributed by atoms with Crippen LogP contribution in [0.25, 0.3) is 0 Å². The van der Waals surface area contributed by atoms with E-state index in [9.17, 15) is 9.36 Å². The van der Waals surface area contributed by atoms with Crippen molar-refractivity contribution in [2.45, 2.75) is 38.8 Å². The highest BCUT2D eigenvalue weighted by atomic mass is 31.2. The number of aliphatic hydroxyl groups is 1. The maximum Gasteiger partial charge on any atom is 0.459 e. The molecule has 0 aliphatic carbocycles. The van der Waals surface area contributed by atoms with Crippen molar-refractivity contribution in [3.63, 3.8) is 0 Å². The number of aliphatic hydroxyl groups excluding tert-OH is 1. The van der Waals surface area contributed by atoms with Crippen LogP contribution in [0.2, 0.25) is 0 Å². The van der Waals surface area contributed by atoms with Crippen molar-refractivity contribution < 1.29 is 28.3 Å². The van der Waals surface area contributed by atoms with E-state index < -0.39 is 25.4 Å². The zero-order chi connectivity index (χ0) is 17.8. The Kier molecular flexibility index (Phi) is 6.04. The third-order valence-corrected chi connectivity index (χ3v) is 5.05. The van der Waals surface area contributed by atoms with Crippen molar-refractivity contribution in [3.05, 3.63) is 30.3 Å². The van der Waals surface area contributed by atoms with E-state index in [1.807, 2.05) is 0 Å². The Hall–Kier alpha value is -1.40. The number of cyclic esters (lactones) is 1. The summed E-state index contributed by atoms with van der Waals surface area (Å²) in [6, 6.07) is 7.79. The molecule has 0 spiro atoms. The number of benzene rings is 1. The van der Waals surface area contributed by atoms with Crippen LogP contribution in [0.15, 0.2) is 30.3 Å². The molecule has 1 aromatic carbocycles. The average molecular weight is 357 g/mol. The van der Waals surface area contributed by atoms with Crippen molar-refractivity contribution in [2.75, 3.05) is 13.2 Å². The molecule has 1 aromatic rings. The first kappa shape index (κ1) is 18.9. The molecule has 8 heteroatoms. The number of hydrogen-bond acceptors (Lipinski definition) is 6. The summed E-state index contributed by atoms with van der Waals surface area (Å²) in [7, 11) is -3.81. The fraction of sp³-hybridized carbons (Fsp3) is 0.562. The van der Waals surface area contributed by atoms with Crippen molar-refractivity contribution in [3.8, 4) is 5.75 Å². The molecule has 0 radical (unpaired) electrons. The molecule has 3 unspecified atom stereocenters. The van der Waals surface area contributed by atoms with Gasteiger partial charge in [-0.1, -0.05) is 25.1 Å². The molecule has 2 N–H and O–H groups in total. The Morgan fingerprint density at radius 2 is 2.08 bits per heavy atom. The van der Waals surface area contributed by atoms with E-state index in [0.29, 0.717) is 12.2 Å². The summed E-state index contributed by atoms with van der Waals surface area (Å²) in [5.74, 6) is -0.349. The highest BCUT2D eigenvalue weighted by molar-refractivity contribution is 7.52. The largest absolute Gasteiger partial charge is 0.459 e. The number of nitrogens with one attached hydrogen (secondary N) is 1. The average Bonchev–Trinajstić information content (AvgIpc) is 2.77. The summed E-state index contributed by atoms with van der Waals surface area (Å²) in [5.41, 5.74) is -0.634. The highest BCUT2D eigenvalue weighted by Crippen LogP contribution is 2.46. The Labute approximate surface area is 141 Å². The lowest BCUT2D eigenvalue weighted by Gasteiger charge is -2.23. The van der Waals surface area contributed by atoms with E-state index in [1.54, 1.807) is 51.1 Å². The van der Waals surface area contributed by atoms with Gasteiger partial charge in [-0.05, 0) is 26.0 Å². The molecule has 1 fully saturated rings. The third-order valence-electron chi connectivity index (χ3n) is 3.48. The van der Waals surface area contributed by atoms with Crippen LogP contribution in [0.5, 0.6) is 5.75 Å². The maximum atomic E-state index is 13.1. The smallest absolute Gasteiger partial charge is 0.458 e. The molecule has 0 amide bonds. The molecule has 0 aromatic heterocycles. The molecule has 1 aliphatic heterocycles. The Morgan fingerprint density at radius 1 is 1.42 bits per heavy atom. The van der Waals surface area contributed by atoms with Crippen LogP contribution in [0.4, 0.5) is 0 Å². The molecule has 2 rings (SSSR count). The molecular formula is C16H24NO6P. The van der Waals surface area contributed by atoms with Crippen LogP contribution in [0.1, 0.15) is 27.2 Å². The van der Waals surface area contributed by atoms with Crippen LogP contribution < -0.4 is 9.61 Å². The number of ether oxygens (including phenoxy) is 1. The van der Waals surface area contributed by atoms with Gasteiger partial charge >= 0.3 is 13.7 Å². The van der Waals surface area contributed by atoms with E-state index in [-0.39, 0.29) is 19.1 Å². The molecule has 1 saturated heterocycles. The lowest BCUT2D eigenvalue weighted by Crippen LogP contribution is -2.33. The molecular weight excluding hydrogens is 333 g/mol. The van der Waals surface area contributed by atoms with Crippen LogP contribution >= 0.6 is 7.75 Å². The van der Waals surface area contributed by atoms with Crippen LogP contribution in [0, 0.1) is 5.92 Å². The number of esters is 1. The molecule has 0 saturated carbocycles. The first-order chi connectivity index (χ1) is 11.2. The van der Waals surface area contributed by atoms with Crippen molar-refractivity contribution in [2.24, 2.45) is 5.92 Å². The van der Waals surface area contributed by atoms with Gasteiger partial charge in [-0.2, -0.15) is 5.09 Å². The number of carbonyl (C=O) groups excluding carboxylic acids is 1. The van der Waals surface area contributed by atoms with Gasteiger partial charge in [-0.3, -0.25) is 9.32 Å². The van der Waals surface area contributed by atoms with Crippen LogP contribution in [-0.2, 0) is 18.6 Å². The maximum absolute atomic E-state index is 13.1. The minimum absolute atomic E-state index is 0.0266. The summed E-state index contributed by atoms with van der Waals surface area (Å²) < 4.78 is 29.2. The van der Waals surface area contributed by atoms with Crippen molar-refractivity contribution in [1.82, 2.24) is 5.09 Å². The monoisotopic (exact) mass is 357 g/mol. The Morgan fingerprint density at radius 3 is 2.62 bits per heavy atom. The lowest BCUT2D eigenvalue weighted by molar-refractivity contribution is -0.147. The zero-order valence-electron chi connectivity index (χ0n) is 14.1. The molecule has 1 aliphatic rings. The SMILES string of the molecule is CC(CO)COP(=O)(NC1CC(C)(C)OC1=O)Oc1ccccc1. The summed E-state index contributed by atoms with van der Waals surface area (Å²) >= 11 is 0. The van der Waals surface area contributed by atoms with Gasteiger partial charge in [0, 0.05) is 18.9 Å². The van der Waals surface area contributed by atoms with E-state index in [2.05, 4.69) is 5.09 Å². The Balaban J connectivity index is 2.13. The zero-order valence-corrected chi connectivity index (χ0v) is 15.0. The predicted octanol–water partition coefficient (Wildman–Crippen LogP) is 2.50. The number of rotatable bonds is 8. The second-order valence-corrected chi connectivity index (χ2v) is 8.25. The number of para-hydroxylation sites is 1. The van der Waals surface area contributed by atoms with E-state index in [1.165, 1.54) is 0 Å². The first-order valence-corrected chi connectivity index (χ1v) is 9.38. The van der Waals surface area contributed by atoms with E-state index in [4.69, 9.17) is 18.9 Å². The summed E-state index contributed by atoms with van der Waals surface area (Å²) in [6.07, 6.45) is 0.354. The molecule has 1 heterocycles. The number of carbonyl (C=O) groups is 1. The van der Waals surface area contributed by atoms with Gasteiger partial charge in [-0.25, -0.2) is 4.57 Å². The fourth-order valence-corrected chi connectivity index (χ4v) is 3.85. The van der Waals surface area contributed by atoms with Gasteiger partial charge in [0.15, 0.2) is 0 Å². The fourth-order valence-electron chi connectivity index (χ4n) is 2.24. The van der Waals surface area contributed by atoms with Gasteiger partial charge in [0.1, 0.15) is 17.4 Å². The molecule has 7 nitrogen and oxygen atoms in total. The van der Waals surface area contributed by atoms with Crippen LogP contribution in [0.3, 0.4) is 0 Å². The predicted molar refractivity (Wildman–Crippen MR) is 88.6 cm³/mol. The molecule has 0 bridgehead atoms. The van der Waals surface area contributed by atoms with Crippen molar-refractivity contribution >= 4 is 13.7 Å². The van der Waals surface area contributed by atoms with Crippen molar-refractivity contribution in [1.29, 1.82) is 0 Å². The third kappa shape index (κ3) is 5.31. The number of hydrogen-bond donors (Lipinski definition) is 2. The first-order valence-electron chi connectivity index (χ1n) is 7.84.